The number of rotatable bonds is 8. The van der Waals surface area contributed by atoms with Gasteiger partial charge in [0, 0.05) is 22.2 Å². The molecule has 0 aromatic carbocycles. The average Bonchev–Trinajstić information content (AvgIpc) is 3.06. The van der Waals surface area contributed by atoms with Crippen molar-refractivity contribution in [2.45, 2.75) is 49.2 Å². The molecule has 0 spiro atoms. The summed E-state index contributed by atoms with van der Waals surface area (Å²) in [6, 6.07) is 8.71. The van der Waals surface area contributed by atoms with Crippen LogP contribution in [0, 0.1) is 0 Å². The van der Waals surface area contributed by atoms with Crippen LogP contribution in [-0.2, 0) is 17.8 Å². The van der Waals surface area contributed by atoms with Crippen molar-refractivity contribution in [2.24, 2.45) is 0 Å². The minimum absolute atomic E-state index is 0.0357. The van der Waals surface area contributed by atoms with Crippen molar-refractivity contribution in [3.63, 3.8) is 0 Å². The van der Waals surface area contributed by atoms with Crippen molar-refractivity contribution < 1.29 is 4.79 Å². The molecule has 1 atom stereocenters. The van der Waals surface area contributed by atoms with E-state index in [-0.39, 0.29) is 11.2 Å². The zero-order chi connectivity index (χ0) is 17.9. The number of hydrogen-bond acceptors (Lipinski definition) is 6. The van der Waals surface area contributed by atoms with Gasteiger partial charge in [0.1, 0.15) is 5.82 Å². The maximum atomic E-state index is 12.4. The molecule has 0 radical (unpaired) electrons. The number of carbonyl (C=O) groups excluding carboxylic acids is 1. The molecule has 8 heteroatoms. The third-order valence-corrected chi connectivity index (χ3v) is 7.04. The highest BCUT2D eigenvalue weighted by atomic mass is 32.2. The lowest BCUT2D eigenvalue weighted by Crippen LogP contribution is -2.30. The van der Waals surface area contributed by atoms with Gasteiger partial charge in [-0.2, -0.15) is 0 Å². The summed E-state index contributed by atoms with van der Waals surface area (Å²) in [4.78, 5) is 14.9. The van der Waals surface area contributed by atoms with E-state index >= 15 is 0 Å². The summed E-state index contributed by atoms with van der Waals surface area (Å²) in [7, 11) is 0. The first-order chi connectivity index (χ1) is 12.7. The first-order valence-corrected chi connectivity index (χ1v) is 11.3. The van der Waals surface area contributed by atoms with Crippen LogP contribution < -0.4 is 5.32 Å². The van der Waals surface area contributed by atoms with Crippen molar-refractivity contribution in [1.29, 1.82) is 0 Å². The van der Waals surface area contributed by atoms with Gasteiger partial charge < -0.3 is 9.88 Å². The van der Waals surface area contributed by atoms with Gasteiger partial charge in [-0.3, -0.25) is 4.79 Å². The maximum Gasteiger partial charge on any atom is 0.233 e. The topological polar surface area (TPSA) is 59.8 Å². The molecule has 1 aliphatic rings. The normalized spacial score (nSPS) is 15.1. The van der Waals surface area contributed by atoms with Crippen LogP contribution in [0.2, 0.25) is 0 Å². The second-order valence-electron chi connectivity index (χ2n) is 6.31. The van der Waals surface area contributed by atoms with Crippen LogP contribution in [0.5, 0.6) is 0 Å². The van der Waals surface area contributed by atoms with Gasteiger partial charge in [-0.15, -0.1) is 32.9 Å². The summed E-state index contributed by atoms with van der Waals surface area (Å²) in [6.07, 6.45) is 3.14. The minimum Gasteiger partial charge on any atom is -0.350 e. The van der Waals surface area contributed by atoms with E-state index in [9.17, 15) is 4.79 Å². The Morgan fingerprint density at radius 2 is 2.00 bits per heavy atom. The van der Waals surface area contributed by atoms with Crippen LogP contribution in [0.4, 0.5) is 0 Å². The van der Waals surface area contributed by atoms with Crippen molar-refractivity contribution in [3.8, 4) is 0 Å². The van der Waals surface area contributed by atoms with Gasteiger partial charge in [-0.1, -0.05) is 23.9 Å². The van der Waals surface area contributed by atoms with Crippen LogP contribution in [0.15, 0.2) is 40.2 Å². The maximum absolute atomic E-state index is 12.4. The molecule has 0 bridgehead atoms. The molecule has 1 fully saturated rings. The Morgan fingerprint density at radius 3 is 2.65 bits per heavy atom. The largest absolute Gasteiger partial charge is 0.350 e. The fourth-order valence-electron chi connectivity index (χ4n) is 2.72. The summed E-state index contributed by atoms with van der Waals surface area (Å²) in [5.41, 5.74) is 0. The number of thioether (sulfide) groups is 1. The summed E-state index contributed by atoms with van der Waals surface area (Å²) in [5.74, 6) is 1.04. The number of nitrogens with zero attached hydrogens (tertiary/aromatic N) is 3. The van der Waals surface area contributed by atoms with Gasteiger partial charge in [0.05, 0.1) is 11.8 Å². The first kappa shape index (κ1) is 17.8. The standard InChI is InChI=1S/C18H20N4OS3/c1-12(17(23)19-11-15-5-3-9-25-15)26-18-21-20-16(22(18)13-6-7-13)10-14-4-2-8-24-14/h2-5,8-9,12-13H,6-7,10-11H2,1H3,(H,19,23)/t12-/m1/s1. The molecule has 26 heavy (non-hydrogen) atoms. The van der Waals surface area contributed by atoms with Crippen molar-refractivity contribution in [2.75, 3.05) is 0 Å². The summed E-state index contributed by atoms with van der Waals surface area (Å²) in [6.45, 7) is 2.51. The molecule has 136 valence electrons. The molecule has 4 rings (SSSR count). The summed E-state index contributed by atoms with van der Waals surface area (Å²) < 4.78 is 2.24. The molecule has 3 aromatic rings. The molecule has 0 aliphatic heterocycles. The van der Waals surface area contributed by atoms with Crippen LogP contribution >= 0.6 is 34.4 Å². The summed E-state index contributed by atoms with van der Waals surface area (Å²) in [5, 5.41) is 16.6. The Bertz CT molecular complexity index is 853. The van der Waals surface area contributed by atoms with E-state index in [0.29, 0.717) is 12.6 Å². The van der Waals surface area contributed by atoms with Gasteiger partial charge in [-0.25, -0.2) is 0 Å². The van der Waals surface area contributed by atoms with E-state index in [0.717, 1.165) is 22.3 Å². The SMILES string of the molecule is C[C@@H](Sc1nnc(Cc2cccs2)n1C1CC1)C(=O)NCc1cccs1. The second-order valence-corrected chi connectivity index (χ2v) is 9.69. The molecular formula is C18H20N4OS3. The van der Waals surface area contributed by atoms with Crippen molar-refractivity contribution >= 4 is 40.3 Å². The van der Waals surface area contributed by atoms with Gasteiger partial charge in [0.2, 0.25) is 5.91 Å². The first-order valence-electron chi connectivity index (χ1n) is 8.63. The fraction of sp³-hybridized carbons (Fsp3) is 0.389. The summed E-state index contributed by atoms with van der Waals surface area (Å²) >= 11 is 4.90. The number of hydrogen-bond donors (Lipinski definition) is 1. The van der Waals surface area contributed by atoms with Crippen LogP contribution in [0.3, 0.4) is 0 Å². The lowest BCUT2D eigenvalue weighted by atomic mass is 10.3. The Balaban J connectivity index is 1.42. The number of aromatic nitrogens is 3. The van der Waals surface area contributed by atoms with E-state index in [2.05, 4.69) is 37.6 Å². The van der Waals surface area contributed by atoms with Crippen molar-refractivity contribution in [1.82, 2.24) is 20.1 Å². The predicted octanol–water partition coefficient (Wildman–Crippen LogP) is 4.12. The second kappa shape index (κ2) is 7.94. The van der Waals surface area contributed by atoms with E-state index in [4.69, 9.17) is 0 Å². The lowest BCUT2D eigenvalue weighted by Gasteiger charge is -2.13. The highest BCUT2D eigenvalue weighted by molar-refractivity contribution is 8.00. The molecule has 1 aliphatic carbocycles. The quantitative estimate of drug-likeness (QED) is 0.574. The molecule has 5 nitrogen and oxygen atoms in total. The number of amides is 1. The Labute approximate surface area is 164 Å². The Kier molecular flexibility index (Phi) is 5.42. The zero-order valence-corrected chi connectivity index (χ0v) is 16.9. The molecule has 3 heterocycles. The molecular weight excluding hydrogens is 384 g/mol. The predicted molar refractivity (Wildman–Crippen MR) is 107 cm³/mol. The van der Waals surface area contributed by atoms with E-state index in [1.165, 1.54) is 29.5 Å². The molecule has 3 aromatic heterocycles. The number of nitrogens with one attached hydrogen (secondary N) is 1. The fourth-order valence-corrected chi connectivity index (χ4v) is 5.03. The smallest absolute Gasteiger partial charge is 0.233 e. The average molecular weight is 405 g/mol. The third kappa shape index (κ3) is 4.19. The van der Waals surface area contributed by atoms with Crippen molar-refractivity contribution in [3.05, 3.63) is 50.6 Å². The highest BCUT2D eigenvalue weighted by Gasteiger charge is 2.31. The van der Waals surface area contributed by atoms with E-state index in [1.54, 1.807) is 22.7 Å². The molecule has 0 saturated heterocycles. The zero-order valence-electron chi connectivity index (χ0n) is 14.4. The van der Waals surface area contributed by atoms with Gasteiger partial charge >= 0.3 is 0 Å². The van der Waals surface area contributed by atoms with Gasteiger partial charge in [0.25, 0.3) is 0 Å². The van der Waals surface area contributed by atoms with Gasteiger partial charge in [-0.05, 0) is 42.7 Å². The molecule has 1 saturated carbocycles. The number of thiophene rings is 2. The Hall–Kier alpha value is -1.64. The number of carbonyl (C=O) groups is 1. The Morgan fingerprint density at radius 1 is 1.27 bits per heavy atom. The monoisotopic (exact) mass is 404 g/mol. The van der Waals surface area contributed by atoms with Crippen LogP contribution in [0.1, 0.15) is 41.4 Å². The molecule has 1 amide bonds. The van der Waals surface area contributed by atoms with E-state index in [1.807, 2.05) is 24.4 Å². The lowest BCUT2D eigenvalue weighted by molar-refractivity contribution is -0.120. The van der Waals surface area contributed by atoms with Crippen LogP contribution in [-0.4, -0.2) is 25.9 Å². The molecule has 0 unspecified atom stereocenters. The minimum atomic E-state index is -0.203. The van der Waals surface area contributed by atoms with E-state index < -0.39 is 0 Å². The third-order valence-electron chi connectivity index (χ3n) is 4.23. The van der Waals surface area contributed by atoms with Crippen LogP contribution in [0.25, 0.3) is 0 Å². The molecule has 1 N–H and O–H groups in total. The highest BCUT2D eigenvalue weighted by Crippen LogP contribution is 2.40. The van der Waals surface area contributed by atoms with Gasteiger partial charge in [0.15, 0.2) is 5.16 Å².